The molecule has 1 fully saturated rings. The summed E-state index contributed by atoms with van der Waals surface area (Å²) in [7, 11) is -3.55. The largest absolute Gasteiger partial charge is 0.392 e. The molecular weight excluding hydrogens is 342 g/mol. The number of likely N-dealkylation sites (tertiary alicyclic amines) is 1. The summed E-state index contributed by atoms with van der Waals surface area (Å²) in [5.41, 5.74) is 1.41. The van der Waals surface area contributed by atoms with Gasteiger partial charge in [0, 0.05) is 19.6 Å². The molecule has 1 aromatic rings. The van der Waals surface area contributed by atoms with Gasteiger partial charge in [-0.15, -0.1) is 0 Å². The zero-order chi connectivity index (χ0) is 18.4. The van der Waals surface area contributed by atoms with Gasteiger partial charge in [-0.05, 0) is 44.0 Å². The molecular formula is C17H27N3O4S. The summed E-state index contributed by atoms with van der Waals surface area (Å²) in [6, 6.07) is 7.05. The summed E-state index contributed by atoms with van der Waals surface area (Å²) in [5, 5.41) is 12.4. The molecule has 1 aliphatic rings. The van der Waals surface area contributed by atoms with Crippen molar-refractivity contribution in [3.8, 4) is 0 Å². The zero-order valence-electron chi connectivity index (χ0n) is 14.8. The Kier molecular flexibility index (Phi) is 6.80. The first-order valence-electron chi connectivity index (χ1n) is 8.47. The van der Waals surface area contributed by atoms with Gasteiger partial charge in [-0.2, -0.15) is 0 Å². The molecule has 7 nitrogen and oxygen atoms in total. The van der Waals surface area contributed by atoms with Crippen LogP contribution in [-0.4, -0.2) is 69.4 Å². The molecule has 1 heterocycles. The molecule has 1 atom stereocenters. The number of carbonyl (C=O) groups excluding carboxylic acids is 1. The van der Waals surface area contributed by atoms with Gasteiger partial charge in [0.15, 0.2) is 0 Å². The Bertz CT molecular complexity index is 693. The summed E-state index contributed by atoms with van der Waals surface area (Å²) >= 11 is 0. The monoisotopic (exact) mass is 369 g/mol. The highest BCUT2D eigenvalue weighted by molar-refractivity contribution is 7.92. The lowest BCUT2D eigenvalue weighted by Crippen LogP contribution is -2.45. The maximum absolute atomic E-state index is 12.2. The lowest BCUT2D eigenvalue weighted by molar-refractivity contribution is -0.119. The Morgan fingerprint density at radius 1 is 1.44 bits per heavy atom. The zero-order valence-corrected chi connectivity index (χ0v) is 15.6. The fourth-order valence-electron chi connectivity index (χ4n) is 2.96. The molecule has 140 valence electrons. The van der Waals surface area contributed by atoms with Crippen LogP contribution >= 0.6 is 0 Å². The Morgan fingerprint density at radius 3 is 2.84 bits per heavy atom. The van der Waals surface area contributed by atoms with Crippen LogP contribution < -0.4 is 9.62 Å². The third-order valence-corrected chi connectivity index (χ3v) is 5.35. The van der Waals surface area contributed by atoms with Gasteiger partial charge < -0.3 is 10.4 Å². The number of amides is 1. The van der Waals surface area contributed by atoms with Crippen molar-refractivity contribution < 1.29 is 18.3 Å². The summed E-state index contributed by atoms with van der Waals surface area (Å²) < 4.78 is 25.2. The van der Waals surface area contributed by atoms with Crippen LogP contribution in [0.1, 0.15) is 18.4 Å². The Morgan fingerprint density at radius 2 is 2.20 bits per heavy atom. The molecule has 0 bridgehead atoms. The van der Waals surface area contributed by atoms with Gasteiger partial charge in [-0.25, -0.2) is 8.42 Å². The predicted octanol–water partition coefficient (Wildman–Crippen LogP) is 0.334. The van der Waals surface area contributed by atoms with E-state index in [1.807, 2.05) is 13.0 Å². The minimum Gasteiger partial charge on any atom is -0.392 e. The number of rotatable bonds is 7. The van der Waals surface area contributed by atoms with E-state index in [-0.39, 0.29) is 18.6 Å². The molecule has 0 radical (unpaired) electrons. The molecule has 1 aromatic carbocycles. The highest BCUT2D eigenvalue weighted by Crippen LogP contribution is 2.18. The maximum Gasteiger partial charge on any atom is 0.240 e. The molecule has 0 saturated carbocycles. The van der Waals surface area contributed by atoms with E-state index >= 15 is 0 Å². The number of hydrogen-bond acceptors (Lipinski definition) is 5. The molecule has 25 heavy (non-hydrogen) atoms. The third kappa shape index (κ3) is 6.30. The first-order valence-corrected chi connectivity index (χ1v) is 10.3. The fraction of sp³-hybridized carbons (Fsp3) is 0.588. The number of nitrogens with zero attached hydrogens (tertiary/aromatic N) is 2. The van der Waals surface area contributed by atoms with E-state index in [0.29, 0.717) is 25.3 Å². The van der Waals surface area contributed by atoms with Crippen molar-refractivity contribution >= 4 is 21.6 Å². The molecule has 8 heteroatoms. The quantitative estimate of drug-likeness (QED) is 0.723. The number of piperidine rings is 1. The van der Waals surface area contributed by atoms with E-state index in [4.69, 9.17) is 0 Å². The molecule has 1 amide bonds. The van der Waals surface area contributed by atoms with E-state index in [1.54, 1.807) is 18.2 Å². The molecule has 1 aliphatic heterocycles. The highest BCUT2D eigenvalue weighted by Gasteiger charge is 2.21. The second kappa shape index (κ2) is 8.64. The molecule has 1 saturated heterocycles. The van der Waals surface area contributed by atoms with E-state index in [2.05, 4.69) is 10.2 Å². The number of aliphatic hydroxyl groups is 1. The van der Waals surface area contributed by atoms with Crippen LogP contribution in [0.5, 0.6) is 0 Å². The van der Waals surface area contributed by atoms with Crippen LogP contribution in [0.2, 0.25) is 0 Å². The summed E-state index contributed by atoms with van der Waals surface area (Å²) in [6.07, 6.45) is 2.57. The van der Waals surface area contributed by atoms with Crippen LogP contribution in [0.4, 0.5) is 5.69 Å². The number of nitrogens with one attached hydrogen (secondary N) is 1. The van der Waals surface area contributed by atoms with E-state index < -0.39 is 10.0 Å². The Hall–Kier alpha value is -1.64. The van der Waals surface area contributed by atoms with Crippen LogP contribution in [-0.2, 0) is 14.8 Å². The summed E-state index contributed by atoms with van der Waals surface area (Å²) in [5.74, 6) is -0.343. The van der Waals surface area contributed by atoms with Crippen molar-refractivity contribution in [2.45, 2.75) is 25.9 Å². The fourth-order valence-corrected chi connectivity index (χ4v) is 3.81. The van der Waals surface area contributed by atoms with Gasteiger partial charge in [-0.1, -0.05) is 12.1 Å². The van der Waals surface area contributed by atoms with E-state index in [1.165, 1.54) is 0 Å². The van der Waals surface area contributed by atoms with Crippen molar-refractivity contribution in [1.29, 1.82) is 0 Å². The molecule has 0 aromatic heterocycles. The van der Waals surface area contributed by atoms with Gasteiger partial charge in [0.2, 0.25) is 15.9 Å². The van der Waals surface area contributed by atoms with Gasteiger partial charge in [-0.3, -0.25) is 14.0 Å². The summed E-state index contributed by atoms with van der Waals surface area (Å²) in [4.78, 5) is 14.3. The van der Waals surface area contributed by atoms with Gasteiger partial charge in [0.25, 0.3) is 0 Å². The summed E-state index contributed by atoms with van der Waals surface area (Å²) in [6.45, 7) is 4.23. The average molecular weight is 369 g/mol. The van der Waals surface area contributed by atoms with E-state index in [0.717, 1.165) is 35.5 Å². The lowest BCUT2D eigenvalue weighted by atomic mass is 10.1. The number of anilines is 1. The molecule has 0 aliphatic carbocycles. The first kappa shape index (κ1) is 19.7. The van der Waals surface area contributed by atoms with Crippen LogP contribution in [0.15, 0.2) is 24.3 Å². The van der Waals surface area contributed by atoms with Crippen LogP contribution in [0, 0.1) is 6.92 Å². The first-order chi connectivity index (χ1) is 11.8. The standard InChI is InChI=1S/C17H27N3O4S/c1-14-5-3-6-15(11-14)20(25(2,23)24)13-17(22)18-8-10-19-9-4-7-16(21)12-19/h3,5-6,11,16,21H,4,7-10,12-13H2,1-2H3,(H,18,22). The average Bonchev–Trinajstić information content (AvgIpc) is 2.51. The van der Waals surface area contributed by atoms with E-state index in [9.17, 15) is 18.3 Å². The lowest BCUT2D eigenvalue weighted by Gasteiger charge is -2.30. The second-order valence-corrected chi connectivity index (χ2v) is 8.46. The number of aliphatic hydroxyl groups excluding tert-OH is 1. The van der Waals surface area contributed by atoms with Crippen molar-refractivity contribution in [2.75, 3.05) is 43.3 Å². The topological polar surface area (TPSA) is 89.9 Å². The number of β-amino-alcohol motifs (C(OH)–C–C–N with tert-alkyl or cyclic N) is 1. The van der Waals surface area contributed by atoms with Crippen molar-refractivity contribution in [3.63, 3.8) is 0 Å². The molecule has 2 rings (SSSR count). The predicted molar refractivity (Wildman–Crippen MR) is 98.1 cm³/mol. The Labute approximate surface area is 149 Å². The molecule has 1 unspecified atom stereocenters. The van der Waals surface area contributed by atoms with Gasteiger partial charge in [0.05, 0.1) is 18.0 Å². The number of benzene rings is 1. The number of aryl methyl sites for hydroxylation is 1. The van der Waals surface area contributed by atoms with Crippen LogP contribution in [0.3, 0.4) is 0 Å². The Balaban J connectivity index is 1.89. The third-order valence-electron chi connectivity index (χ3n) is 4.21. The van der Waals surface area contributed by atoms with Gasteiger partial charge in [0.1, 0.15) is 6.54 Å². The normalized spacial score (nSPS) is 18.8. The SMILES string of the molecule is Cc1cccc(N(CC(=O)NCCN2CCCC(O)C2)S(C)(=O)=O)c1. The highest BCUT2D eigenvalue weighted by atomic mass is 32.2. The van der Waals surface area contributed by atoms with Crippen LogP contribution in [0.25, 0.3) is 0 Å². The number of sulfonamides is 1. The van der Waals surface area contributed by atoms with Crippen molar-refractivity contribution in [2.24, 2.45) is 0 Å². The number of carbonyl (C=O) groups is 1. The smallest absolute Gasteiger partial charge is 0.240 e. The maximum atomic E-state index is 12.2. The molecule has 2 N–H and O–H groups in total. The second-order valence-electron chi connectivity index (χ2n) is 6.56. The van der Waals surface area contributed by atoms with Gasteiger partial charge >= 0.3 is 0 Å². The molecule has 0 spiro atoms. The van der Waals surface area contributed by atoms with Crippen molar-refractivity contribution in [3.05, 3.63) is 29.8 Å². The van der Waals surface area contributed by atoms with Crippen molar-refractivity contribution in [1.82, 2.24) is 10.2 Å². The number of hydrogen-bond donors (Lipinski definition) is 2. The minimum atomic E-state index is -3.55. The minimum absolute atomic E-state index is 0.245.